The average molecular weight is 429 g/mol. The molecule has 31 heavy (non-hydrogen) atoms. The van der Waals surface area contributed by atoms with Crippen LogP contribution >= 0.6 is 0 Å². The molecule has 2 aromatic rings. The Kier molecular flexibility index (Phi) is 9.79. The summed E-state index contributed by atoms with van der Waals surface area (Å²) in [5.41, 5.74) is 1.18. The Morgan fingerprint density at radius 2 is 1.77 bits per heavy atom. The third-order valence-electron chi connectivity index (χ3n) is 5.12. The number of rotatable bonds is 12. The first-order valence-corrected chi connectivity index (χ1v) is 11.1. The topological polar surface area (TPSA) is 63.0 Å². The van der Waals surface area contributed by atoms with Gasteiger partial charge in [-0.1, -0.05) is 44.2 Å². The van der Waals surface area contributed by atoms with Crippen molar-refractivity contribution in [2.75, 3.05) is 26.2 Å². The largest absolute Gasteiger partial charge is 0.465 e. The second-order valence-electron chi connectivity index (χ2n) is 8.31. The number of furan rings is 1. The highest BCUT2D eigenvalue weighted by atomic mass is 16.5. The van der Waals surface area contributed by atoms with Gasteiger partial charge in [-0.15, -0.1) is 0 Å². The molecule has 0 bridgehead atoms. The summed E-state index contributed by atoms with van der Waals surface area (Å²) in [6, 6.07) is 13.5. The first-order valence-electron chi connectivity index (χ1n) is 11.1. The van der Waals surface area contributed by atoms with E-state index in [-0.39, 0.29) is 18.4 Å². The standard InChI is InChI=1S/C25H36N2O4/c1-6-30-25(29)21(5)27(16-19(2)3)18-24(28)26(17-23-13-12-20(4)31-23)15-14-22-10-8-7-9-11-22/h7-13,19,21H,6,14-18H2,1-5H3/t21-/m1/s1. The number of carbonyl (C=O) groups excluding carboxylic acids is 2. The van der Waals surface area contributed by atoms with Gasteiger partial charge >= 0.3 is 5.97 Å². The molecule has 1 atom stereocenters. The van der Waals surface area contributed by atoms with Crippen LogP contribution in [0.3, 0.4) is 0 Å². The number of ether oxygens (including phenoxy) is 1. The van der Waals surface area contributed by atoms with Crippen LogP contribution in [0.15, 0.2) is 46.9 Å². The zero-order valence-corrected chi connectivity index (χ0v) is 19.5. The predicted molar refractivity (Wildman–Crippen MR) is 122 cm³/mol. The van der Waals surface area contributed by atoms with Gasteiger partial charge in [-0.2, -0.15) is 0 Å². The van der Waals surface area contributed by atoms with E-state index in [9.17, 15) is 9.59 Å². The Morgan fingerprint density at radius 1 is 1.06 bits per heavy atom. The van der Waals surface area contributed by atoms with E-state index in [1.54, 1.807) is 13.8 Å². The Hall–Kier alpha value is -2.60. The summed E-state index contributed by atoms with van der Waals surface area (Å²) >= 11 is 0. The summed E-state index contributed by atoms with van der Waals surface area (Å²) in [6.45, 7) is 11.7. The van der Waals surface area contributed by atoms with Crippen molar-refractivity contribution in [1.29, 1.82) is 0 Å². The molecular weight excluding hydrogens is 392 g/mol. The van der Waals surface area contributed by atoms with Gasteiger partial charge in [-0.25, -0.2) is 0 Å². The van der Waals surface area contributed by atoms with Gasteiger partial charge < -0.3 is 14.1 Å². The van der Waals surface area contributed by atoms with Crippen LogP contribution in [0.5, 0.6) is 0 Å². The zero-order valence-electron chi connectivity index (χ0n) is 19.5. The van der Waals surface area contributed by atoms with E-state index >= 15 is 0 Å². The maximum absolute atomic E-state index is 13.3. The summed E-state index contributed by atoms with van der Waals surface area (Å²) in [7, 11) is 0. The van der Waals surface area contributed by atoms with Crippen molar-refractivity contribution >= 4 is 11.9 Å². The second-order valence-corrected chi connectivity index (χ2v) is 8.31. The SMILES string of the molecule is CCOC(=O)[C@@H](C)N(CC(=O)N(CCc1ccccc1)Cc1ccc(C)o1)CC(C)C. The van der Waals surface area contributed by atoms with Crippen molar-refractivity contribution in [1.82, 2.24) is 9.80 Å². The van der Waals surface area contributed by atoms with Gasteiger partial charge in [0.15, 0.2) is 0 Å². The lowest BCUT2D eigenvalue weighted by Crippen LogP contribution is -2.48. The first kappa shape index (κ1) is 24.7. The van der Waals surface area contributed by atoms with Crippen LogP contribution in [0.1, 0.15) is 44.8 Å². The van der Waals surface area contributed by atoms with Crippen LogP contribution < -0.4 is 0 Å². The molecule has 2 rings (SSSR count). The number of hydrogen-bond donors (Lipinski definition) is 0. The van der Waals surface area contributed by atoms with Crippen LogP contribution in [0.2, 0.25) is 0 Å². The molecule has 0 radical (unpaired) electrons. The van der Waals surface area contributed by atoms with Crippen LogP contribution in [-0.2, 0) is 27.3 Å². The lowest BCUT2D eigenvalue weighted by molar-refractivity contribution is -0.150. The molecule has 0 aliphatic heterocycles. The molecule has 1 aromatic heterocycles. The molecule has 6 heteroatoms. The highest BCUT2D eigenvalue weighted by Crippen LogP contribution is 2.13. The smallest absolute Gasteiger partial charge is 0.323 e. The molecule has 0 unspecified atom stereocenters. The molecule has 6 nitrogen and oxygen atoms in total. The Bertz CT molecular complexity index is 816. The van der Waals surface area contributed by atoms with Crippen LogP contribution in [-0.4, -0.2) is 54.0 Å². The minimum atomic E-state index is -0.479. The van der Waals surface area contributed by atoms with Crippen molar-refractivity contribution in [3.63, 3.8) is 0 Å². The lowest BCUT2D eigenvalue weighted by Gasteiger charge is -2.31. The maximum atomic E-state index is 13.3. The zero-order chi connectivity index (χ0) is 22.8. The summed E-state index contributed by atoms with van der Waals surface area (Å²) in [5, 5.41) is 0. The van der Waals surface area contributed by atoms with Gasteiger partial charge in [0, 0.05) is 13.1 Å². The minimum Gasteiger partial charge on any atom is -0.465 e. The van der Waals surface area contributed by atoms with Gasteiger partial charge in [-0.3, -0.25) is 14.5 Å². The van der Waals surface area contributed by atoms with Gasteiger partial charge in [0.1, 0.15) is 17.6 Å². The van der Waals surface area contributed by atoms with Crippen molar-refractivity contribution in [3.8, 4) is 0 Å². The molecule has 0 N–H and O–H groups in total. The lowest BCUT2D eigenvalue weighted by atomic mass is 10.1. The molecule has 1 aromatic carbocycles. The molecule has 0 saturated carbocycles. The van der Waals surface area contributed by atoms with Crippen LogP contribution in [0, 0.1) is 12.8 Å². The summed E-state index contributed by atoms with van der Waals surface area (Å²) in [6.07, 6.45) is 0.754. The Labute approximate surface area is 186 Å². The number of aryl methyl sites for hydroxylation is 1. The van der Waals surface area contributed by atoms with Crippen LogP contribution in [0.4, 0.5) is 0 Å². The predicted octanol–water partition coefficient (Wildman–Crippen LogP) is 4.07. The fourth-order valence-electron chi connectivity index (χ4n) is 3.47. The summed E-state index contributed by atoms with van der Waals surface area (Å²) in [4.78, 5) is 29.4. The van der Waals surface area contributed by atoms with Crippen molar-refractivity contribution in [2.45, 2.75) is 53.6 Å². The summed E-state index contributed by atoms with van der Waals surface area (Å²) in [5.74, 6) is 1.57. The normalized spacial score (nSPS) is 12.2. The minimum absolute atomic E-state index is 0.0261. The maximum Gasteiger partial charge on any atom is 0.323 e. The Balaban J connectivity index is 2.14. The van der Waals surface area contributed by atoms with E-state index in [4.69, 9.17) is 9.15 Å². The number of carbonyl (C=O) groups is 2. The van der Waals surface area contributed by atoms with Gasteiger partial charge in [0.05, 0.1) is 19.7 Å². The van der Waals surface area contributed by atoms with Crippen molar-refractivity contribution in [3.05, 3.63) is 59.5 Å². The molecule has 1 heterocycles. The molecule has 1 amide bonds. The number of esters is 1. The molecule has 170 valence electrons. The third-order valence-corrected chi connectivity index (χ3v) is 5.12. The van der Waals surface area contributed by atoms with E-state index in [0.29, 0.717) is 32.2 Å². The van der Waals surface area contributed by atoms with E-state index < -0.39 is 6.04 Å². The number of benzene rings is 1. The van der Waals surface area contributed by atoms with E-state index in [1.165, 1.54) is 5.56 Å². The van der Waals surface area contributed by atoms with Crippen molar-refractivity contribution in [2.24, 2.45) is 5.92 Å². The van der Waals surface area contributed by atoms with E-state index in [2.05, 4.69) is 26.0 Å². The van der Waals surface area contributed by atoms with Gasteiger partial charge in [0.25, 0.3) is 0 Å². The van der Waals surface area contributed by atoms with Gasteiger partial charge in [-0.05, 0) is 50.8 Å². The first-order chi connectivity index (χ1) is 14.8. The molecular formula is C25H36N2O4. The highest BCUT2D eigenvalue weighted by molar-refractivity contribution is 5.80. The molecule has 0 spiro atoms. The fourth-order valence-corrected chi connectivity index (χ4v) is 3.47. The number of hydrogen-bond acceptors (Lipinski definition) is 5. The fraction of sp³-hybridized carbons (Fsp3) is 0.520. The monoisotopic (exact) mass is 428 g/mol. The van der Waals surface area contributed by atoms with E-state index in [1.807, 2.05) is 47.1 Å². The molecule has 0 aliphatic rings. The number of nitrogens with zero attached hydrogens (tertiary/aromatic N) is 2. The average Bonchev–Trinajstić information content (AvgIpc) is 3.15. The van der Waals surface area contributed by atoms with Crippen LogP contribution in [0.25, 0.3) is 0 Å². The molecule has 0 saturated heterocycles. The van der Waals surface area contributed by atoms with Gasteiger partial charge in [0.2, 0.25) is 5.91 Å². The van der Waals surface area contributed by atoms with Crippen molar-refractivity contribution < 1.29 is 18.7 Å². The summed E-state index contributed by atoms with van der Waals surface area (Å²) < 4.78 is 10.9. The highest BCUT2D eigenvalue weighted by Gasteiger charge is 2.27. The third kappa shape index (κ3) is 8.21. The molecule has 0 fully saturated rings. The second kappa shape index (κ2) is 12.3. The van der Waals surface area contributed by atoms with E-state index in [0.717, 1.165) is 17.9 Å². The Morgan fingerprint density at radius 3 is 2.35 bits per heavy atom. The molecule has 0 aliphatic carbocycles. The number of amides is 1. The quantitative estimate of drug-likeness (QED) is 0.477.